The van der Waals surface area contributed by atoms with E-state index in [1.54, 1.807) is 0 Å². The summed E-state index contributed by atoms with van der Waals surface area (Å²) in [5.74, 6) is -1.67. The average Bonchev–Trinajstić information content (AvgIpc) is 2.86. The molecule has 0 saturated carbocycles. The SMILES string of the molecule is NC(=O)C(=O)c1[nH]c2ccccc2c1-c1ccccc1. The van der Waals surface area contributed by atoms with E-state index in [0.29, 0.717) is 5.56 Å². The van der Waals surface area contributed by atoms with Gasteiger partial charge in [-0.25, -0.2) is 0 Å². The molecule has 98 valence electrons. The zero-order valence-corrected chi connectivity index (χ0v) is 10.6. The smallest absolute Gasteiger partial charge is 0.291 e. The Labute approximate surface area is 115 Å². The molecule has 4 heteroatoms. The highest BCUT2D eigenvalue weighted by atomic mass is 16.2. The van der Waals surface area contributed by atoms with Crippen LogP contribution < -0.4 is 5.73 Å². The van der Waals surface area contributed by atoms with Crippen LogP contribution in [0, 0.1) is 0 Å². The molecular formula is C16H12N2O2. The number of nitrogens with two attached hydrogens (primary N) is 1. The highest BCUT2D eigenvalue weighted by Gasteiger charge is 2.22. The summed E-state index contributed by atoms with van der Waals surface area (Å²) in [7, 11) is 0. The normalized spacial score (nSPS) is 10.6. The summed E-state index contributed by atoms with van der Waals surface area (Å²) in [4.78, 5) is 26.2. The Morgan fingerprint density at radius 1 is 0.900 bits per heavy atom. The molecule has 3 aromatic rings. The lowest BCUT2D eigenvalue weighted by molar-refractivity contribution is -0.114. The van der Waals surface area contributed by atoms with E-state index in [4.69, 9.17) is 5.73 Å². The summed E-state index contributed by atoms with van der Waals surface area (Å²) in [6.07, 6.45) is 0. The van der Waals surface area contributed by atoms with Crippen molar-refractivity contribution in [3.05, 3.63) is 60.3 Å². The first kappa shape index (κ1) is 12.2. The monoisotopic (exact) mass is 264 g/mol. The maximum absolute atomic E-state index is 12.0. The number of para-hydroxylation sites is 1. The van der Waals surface area contributed by atoms with Crippen molar-refractivity contribution in [2.75, 3.05) is 0 Å². The lowest BCUT2D eigenvalue weighted by Gasteiger charge is -2.02. The van der Waals surface area contributed by atoms with E-state index < -0.39 is 11.7 Å². The van der Waals surface area contributed by atoms with Crippen LogP contribution in [0.3, 0.4) is 0 Å². The standard InChI is InChI=1S/C16H12N2O2/c17-16(20)15(19)14-13(10-6-2-1-3-7-10)11-8-4-5-9-12(11)18-14/h1-9,18H,(H2,17,20). The predicted octanol–water partition coefficient (Wildman–Crippen LogP) is 2.50. The van der Waals surface area contributed by atoms with Gasteiger partial charge in [-0.3, -0.25) is 9.59 Å². The van der Waals surface area contributed by atoms with Crippen molar-refractivity contribution in [2.24, 2.45) is 5.73 Å². The molecule has 0 unspecified atom stereocenters. The van der Waals surface area contributed by atoms with E-state index in [1.165, 1.54) is 0 Å². The fourth-order valence-electron chi connectivity index (χ4n) is 2.34. The molecule has 3 rings (SSSR count). The van der Waals surface area contributed by atoms with Crippen molar-refractivity contribution in [3.63, 3.8) is 0 Å². The Hall–Kier alpha value is -2.88. The second-order valence-corrected chi connectivity index (χ2v) is 4.48. The molecule has 4 nitrogen and oxygen atoms in total. The quantitative estimate of drug-likeness (QED) is 0.563. The van der Waals surface area contributed by atoms with Gasteiger partial charge in [0.2, 0.25) is 0 Å². The molecular weight excluding hydrogens is 252 g/mol. The maximum Gasteiger partial charge on any atom is 0.291 e. The highest BCUT2D eigenvalue weighted by Crippen LogP contribution is 2.32. The third-order valence-corrected chi connectivity index (χ3v) is 3.22. The summed E-state index contributed by atoms with van der Waals surface area (Å²) in [6.45, 7) is 0. The third kappa shape index (κ3) is 1.87. The molecule has 0 bridgehead atoms. The van der Waals surface area contributed by atoms with Gasteiger partial charge < -0.3 is 10.7 Å². The Morgan fingerprint density at radius 2 is 1.55 bits per heavy atom. The number of hydrogen-bond donors (Lipinski definition) is 2. The van der Waals surface area contributed by atoms with Gasteiger partial charge in [0, 0.05) is 16.5 Å². The van der Waals surface area contributed by atoms with Crippen LogP contribution in [0.4, 0.5) is 0 Å². The number of carbonyl (C=O) groups is 2. The molecule has 0 aliphatic heterocycles. The number of Topliss-reactive ketones (excluding diaryl/α,β-unsaturated/α-hetero) is 1. The van der Waals surface area contributed by atoms with Crippen LogP contribution in [0.5, 0.6) is 0 Å². The van der Waals surface area contributed by atoms with E-state index in [-0.39, 0.29) is 5.69 Å². The minimum atomic E-state index is -0.964. The molecule has 0 atom stereocenters. The number of rotatable bonds is 3. The zero-order valence-electron chi connectivity index (χ0n) is 10.6. The molecule has 0 fully saturated rings. The number of ketones is 1. The van der Waals surface area contributed by atoms with Crippen molar-refractivity contribution >= 4 is 22.6 Å². The Bertz CT molecular complexity index is 804. The molecule has 1 aromatic heterocycles. The van der Waals surface area contributed by atoms with E-state index >= 15 is 0 Å². The minimum Gasteiger partial charge on any atom is -0.363 e. The van der Waals surface area contributed by atoms with Gasteiger partial charge in [0.1, 0.15) is 5.69 Å². The lowest BCUT2D eigenvalue weighted by atomic mass is 10.00. The molecule has 0 aliphatic rings. The van der Waals surface area contributed by atoms with Crippen molar-refractivity contribution in [1.29, 1.82) is 0 Å². The Morgan fingerprint density at radius 3 is 2.25 bits per heavy atom. The van der Waals surface area contributed by atoms with Gasteiger partial charge in [0.05, 0.1) is 0 Å². The van der Waals surface area contributed by atoms with E-state index in [2.05, 4.69) is 4.98 Å². The van der Waals surface area contributed by atoms with Crippen LogP contribution in [0.1, 0.15) is 10.5 Å². The molecule has 20 heavy (non-hydrogen) atoms. The Kier molecular flexibility index (Phi) is 2.84. The Balaban J connectivity index is 2.35. The average molecular weight is 264 g/mol. The van der Waals surface area contributed by atoms with Crippen LogP contribution in [-0.2, 0) is 4.79 Å². The van der Waals surface area contributed by atoms with Gasteiger partial charge in [0.15, 0.2) is 0 Å². The van der Waals surface area contributed by atoms with Crippen molar-refractivity contribution in [1.82, 2.24) is 4.98 Å². The molecule has 0 spiro atoms. The molecule has 1 amide bonds. The molecule has 2 aromatic carbocycles. The van der Waals surface area contributed by atoms with Crippen LogP contribution >= 0.6 is 0 Å². The first-order valence-corrected chi connectivity index (χ1v) is 6.18. The molecule has 1 heterocycles. The number of primary amides is 1. The van der Waals surface area contributed by atoms with Crippen LogP contribution in [0.2, 0.25) is 0 Å². The zero-order chi connectivity index (χ0) is 14.1. The summed E-state index contributed by atoms with van der Waals surface area (Å²) in [5.41, 5.74) is 7.75. The summed E-state index contributed by atoms with van der Waals surface area (Å²) < 4.78 is 0. The van der Waals surface area contributed by atoms with Gasteiger partial charge in [0.25, 0.3) is 11.7 Å². The van der Waals surface area contributed by atoms with E-state index in [1.807, 2.05) is 54.6 Å². The van der Waals surface area contributed by atoms with E-state index in [0.717, 1.165) is 16.5 Å². The van der Waals surface area contributed by atoms with Crippen molar-refractivity contribution < 1.29 is 9.59 Å². The number of fused-ring (bicyclic) bond motifs is 1. The number of carbonyl (C=O) groups excluding carboxylic acids is 2. The fourth-order valence-corrected chi connectivity index (χ4v) is 2.34. The van der Waals surface area contributed by atoms with E-state index in [9.17, 15) is 9.59 Å². The van der Waals surface area contributed by atoms with Crippen molar-refractivity contribution in [2.45, 2.75) is 0 Å². The summed E-state index contributed by atoms with van der Waals surface area (Å²) in [6, 6.07) is 17.0. The highest BCUT2D eigenvalue weighted by molar-refractivity contribution is 6.43. The van der Waals surface area contributed by atoms with Gasteiger partial charge >= 0.3 is 0 Å². The predicted molar refractivity (Wildman–Crippen MR) is 77.3 cm³/mol. The van der Waals surface area contributed by atoms with Crippen LogP contribution in [0.15, 0.2) is 54.6 Å². The topological polar surface area (TPSA) is 76.0 Å². The van der Waals surface area contributed by atoms with Crippen molar-refractivity contribution in [3.8, 4) is 11.1 Å². The second kappa shape index (κ2) is 4.66. The minimum absolute atomic E-state index is 0.241. The molecule has 0 aliphatic carbocycles. The summed E-state index contributed by atoms with van der Waals surface area (Å²) in [5, 5.41) is 0.892. The lowest BCUT2D eigenvalue weighted by Crippen LogP contribution is -2.23. The van der Waals surface area contributed by atoms with Gasteiger partial charge in [-0.05, 0) is 11.6 Å². The van der Waals surface area contributed by atoms with Crippen LogP contribution in [0.25, 0.3) is 22.0 Å². The number of hydrogen-bond acceptors (Lipinski definition) is 2. The molecule has 0 radical (unpaired) electrons. The van der Waals surface area contributed by atoms with Gasteiger partial charge in [-0.15, -0.1) is 0 Å². The second-order valence-electron chi connectivity index (χ2n) is 4.48. The van der Waals surface area contributed by atoms with Crippen LogP contribution in [-0.4, -0.2) is 16.7 Å². The fraction of sp³-hybridized carbons (Fsp3) is 0. The summed E-state index contributed by atoms with van der Waals surface area (Å²) >= 11 is 0. The number of benzene rings is 2. The number of amides is 1. The number of aromatic nitrogens is 1. The first-order valence-electron chi connectivity index (χ1n) is 6.18. The van der Waals surface area contributed by atoms with Gasteiger partial charge in [-0.2, -0.15) is 0 Å². The number of aromatic amines is 1. The molecule has 0 saturated heterocycles. The maximum atomic E-state index is 12.0. The number of H-pyrrole nitrogens is 1. The first-order chi connectivity index (χ1) is 9.68. The largest absolute Gasteiger partial charge is 0.363 e. The molecule has 3 N–H and O–H groups in total. The number of nitrogens with one attached hydrogen (secondary N) is 1. The third-order valence-electron chi connectivity index (χ3n) is 3.22. The van der Waals surface area contributed by atoms with Gasteiger partial charge in [-0.1, -0.05) is 48.5 Å².